The van der Waals surface area contributed by atoms with E-state index in [4.69, 9.17) is 0 Å². The number of fused-ring (bicyclic) bond motifs is 2. The topological polar surface area (TPSA) is 29.6 Å². The van der Waals surface area contributed by atoms with Crippen LogP contribution in [0.4, 0.5) is 0 Å². The number of aromatic nitrogens is 1. The molecular weight excluding hydrogens is 290 g/mol. The number of para-hydroxylation sites is 1. The van der Waals surface area contributed by atoms with Gasteiger partial charge in [0.2, 0.25) is 4.80 Å². The van der Waals surface area contributed by atoms with Crippen molar-refractivity contribution in [2.24, 2.45) is 17.3 Å². The Kier molecular flexibility index (Phi) is 3.39. The first kappa shape index (κ1) is 13.5. The van der Waals surface area contributed by atoms with Crippen LogP contribution in [0.3, 0.4) is 0 Å². The van der Waals surface area contributed by atoms with E-state index in [2.05, 4.69) is 63.3 Å². The number of thiazole rings is 1. The van der Waals surface area contributed by atoms with Gasteiger partial charge in [0.25, 0.3) is 0 Å². The van der Waals surface area contributed by atoms with Gasteiger partial charge in [-0.15, -0.1) is 5.10 Å². The van der Waals surface area contributed by atoms with Crippen molar-refractivity contribution in [2.45, 2.75) is 19.3 Å². The molecule has 1 aliphatic rings. The maximum atomic E-state index is 4.58. The van der Waals surface area contributed by atoms with Crippen molar-refractivity contribution in [1.82, 2.24) is 4.57 Å². The molecule has 1 aliphatic carbocycles. The van der Waals surface area contributed by atoms with Gasteiger partial charge in [0.15, 0.2) is 0 Å². The molecule has 22 heavy (non-hydrogen) atoms. The van der Waals surface area contributed by atoms with Gasteiger partial charge in [0.05, 0.1) is 15.9 Å². The number of hydrogen-bond donors (Lipinski definition) is 0. The van der Waals surface area contributed by atoms with Crippen molar-refractivity contribution < 1.29 is 0 Å². The van der Waals surface area contributed by atoms with Crippen molar-refractivity contribution in [2.75, 3.05) is 0 Å². The highest BCUT2D eigenvalue weighted by Crippen LogP contribution is 2.21. The van der Waals surface area contributed by atoms with Crippen molar-refractivity contribution in [3.63, 3.8) is 0 Å². The molecule has 0 saturated heterocycles. The number of hydrogen-bond acceptors (Lipinski definition) is 3. The summed E-state index contributed by atoms with van der Waals surface area (Å²) in [7, 11) is 2.05. The molecule has 0 spiro atoms. The van der Waals surface area contributed by atoms with E-state index in [1.807, 2.05) is 7.05 Å². The van der Waals surface area contributed by atoms with E-state index in [0.29, 0.717) is 0 Å². The minimum Gasteiger partial charge on any atom is -0.318 e. The van der Waals surface area contributed by atoms with Crippen LogP contribution >= 0.6 is 11.3 Å². The molecule has 3 aromatic rings. The first-order valence-electron chi connectivity index (χ1n) is 7.56. The molecule has 3 nitrogen and oxygen atoms in total. The van der Waals surface area contributed by atoms with Gasteiger partial charge in [-0.05, 0) is 37.0 Å². The Morgan fingerprint density at radius 3 is 2.68 bits per heavy atom. The number of benzene rings is 2. The summed E-state index contributed by atoms with van der Waals surface area (Å²) in [6.45, 7) is 0. The first-order valence-corrected chi connectivity index (χ1v) is 8.38. The predicted octanol–water partition coefficient (Wildman–Crippen LogP) is 3.88. The largest absolute Gasteiger partial charge is 0.318 e. The second kappa shape index (κ2) is 5.54. The van der Waals surface area contributed by atoms with Crippen LogP contribution in [0.15, 0.2) is 58.7 Å². The Bertz CT molecular complexity index is 931. The van der Waals surface area contributed by atoms with Gasteiger partial charge in [0, 0.05) is 12.6 Å². The zero-order chi connectivity index (χ0) is 14.9. The molecule has 4 rings (SSSR count). The summed E-state index contributed by atoms with van der Waals surface area (Å²) < 4.78 is 3.35. The summed E-state index contributed by atoms with van der Waals surface area (Å²) in [6.07, 6.45) is 3.31. The van der Waals surface area contributed by atoms with Crippen LogP contribution in [-0.4, -0.2) is 10.3 Å². The number of rotatable bonds is 1. The highest BCUT2D eigenvalue weighted by atomic mass is 32.1. The quantitative estimate of drug-likeness (QED) is 0.611. The average molecular weight is 307 g/mol. The predicted molar refractivity (Wildman–Crippen MR) is 92.3 cm³/mol. The minimum atomic E-state index is 0.941. The Labute approximate surface area is 133 Å². The molecule has 1 heterocycles. The van der Waals surface area contributed by atoms with Crippen molar-refractivity contribution in [3.05, 3.63) is 64.5 Å². The summed E-state index contributed by atoms with van der Waals surface area (Å²) in [4.78, 5) is 0.941. The van der Waals surface area contributed by atoms with Crippen LogP contribution in [0.1, 0.15) is 24.0 Å². The molecule has 0 aliphatic heterocycles. The molecule has 0 amide bonds. The van der Waals surface area contributed by atoms with Crippen LogP contribution in [0.2, 0.25) is 0 Å². The standard InChI is InChI=1S/C18H17N3S/c1-21-16-11-4-5-12-17(16)22-18(21)20-19-15-10-6-8-13-7-2-3-9-14(13)15/h2-5,7,9,11-12H,6,8,10H2,1H3/b19-15?,20-18+. The fourth-order valence-electron chi connectivity index (χ4n) is 2.99. The zero-order valence-electron chi connectivity index (χ0n) is 12.5. The van der Waals surface area contributed by atoms with Crippen LogP contribution in [0, 0.1) is 0 Å². The Morgan fingerprint density at radius 2 is 1.77 bits per heavy atom. The van der Waals surface area contributed by atoms with Gasteiger partial charge in [0.1, 0.15) is 0 Å². The van der Waals surface area contributed by atoms with E-state index >= 15 is 0 Å². The minimum absolute atomic E-state index is 0.941. The summed E-state index contributed by atoms with van der Waals surface area (Å²) in [6, 6.07) is 16.9. The van der Waals surface area contributed by atoms with Gasteiger partial charge in [-0.2, -0.15) is 5.10 Å². The molecule has 0 bridgehead atoms. The highest BCUT2D eigenvalue weighted by Gasteiger charge is 2.14. The molecule has 1 aromatic heterocycles. The summed E-state index contributed by atoms with van der Waals surface area (Å²) >= 11 is 1.68. The normalized spacial score (nSPS) is 17.1. The van der Waals surface area contributed by atoms with Crippen LogP contribution < -0.4 is 4.80 Å². The van der Waals surface area contributed by atoms with Gasteiger partial charge >= 0.3 is 0 Å². The highest BCUT2D eigenvalue weighted by molar-refractivity contribution is 7.16. The summed E-state index contributed by atoms with van der Waals surface area (Å²) in [5, 5.41) is 9.12. The third kappa shape index (κ3) is 2.29. The molecule has 0 unspecified atom stereocenters. The monoisotopic (exact) mass is 307 g/mol. The molecule has 0 N–H and O–H groups in total. The lowest BCUT2D eigenvalue weighted by Gasteiger charge is -2.16. The van der Waals surface area contributed by atoms with Gasteiger partial charge < -0.3 is 4.57 Å². The lowest BCUT2D eigenvalue weighted by atomic mass is 9.90. The van der Waals surface area contributed by atoms with E-state index in [-0.39, 0.29) is 0 Å². The van der Waals surface area contributed by atoms with E-state index in [0.717, 1.165) is 29.8 Å². The maximum absolute atomic E-state index is 4.58. The van der Waals surface area contributed by atoms with Crippen molar-refractivity contribution in [3.8, 4) is 0 Å². The lowest BCUT2D eigenvalue weighted by Crippen LogP contribution is -2.13. The smallest absolute Gasteiger partial charge is 0.211 e. The second-order valence-electron chi connectivity index (χ2n) is 5.57. The summed E-state index contributed by atoms with van der Waals surface area (Å²) in [5.74, 6) is 0. The Hall–Kier alpha value is -2.20. The van der Waals surface area contributed by atoms with Crippen LogP contribution in [0.5, 0.6) is 0 Å². The van der Waals surface area contributed by atoms with E-state index in [9.17, 15) is 0 Å². The second-order valence-corrected chi connectivity index (χ2v) is 6.58. The lowest BCUT2D eigenvalue weighted by molar-refractivity contribution is 0.828. The third-order valence-electron chi connectivity index (χ3n) is 4.16. The average Bonchev–Trinajstić information content (AvgIpc) is 2.89. The third-order valence-corrected chi connectivity index (χ3v) is 5.26. The summed E-state index contributed by atoms with van der Waals surface area (Å²) in [5.41, 5.74) is 4.97. The van der Waals surface area contributed by atoms with Crippen LogP contribution in [-0.2, 0) is 13.5 Å². The molecule has 4 heteroatoms. The van der Waals surface area contributed by atoms with Crippen molar-refractivity contribution >= 4 is 27.3 Å². The first-order chi connectivity index (χ1) is 10.8. The Balaban J connectivity index is 1.82. The van der Waals surface area contributed by atoms with Gasteiger partial charge in [-0.3, -0.25) is 0 Å². The Morgan fingerprint density at radius 1 is 0.955 bits per heavy atom. The molecule has 0 atom stereocenters. The SMILES string of the molecule is Cn1/c(=N\N=C2CCCc3ccccc32)sc2ccccc21. The fraction of sp³-hybridized carbons (Fsp3) is 0.222. The molecule has 0 fully saturated rings. The van der Waals surface area contributed by atoms with Crippen LogP contribution in [0.25, 0.3) is 10.2 Å². The van der Waals surface area contributed by atoms with Gasteiger partial charge in [-0.1, -0.05) is 47.7 Å². The van der Waals surface area contributed by atoms with Gasteiger partial charge in [-0.25, -0.2) is 0 Å². The number of aryl methyl sites for hydroxylation is 2. The van der Waals surface area contributed by atoms with Crippen molar-refractivity contribution in [1.29, 1.82) is 0 Å². The molecule has 0 radical (unpaired) electrons. The van der Waals surface area contributed by atoms with E-state index in [1.165, 1.54) is 21.3 Å². The van der Waals surface area contributed by atoms with E-state index < -0.39 is 0 Å². The molecular formula is C18H17N3S. The van der Waals surface area contributed by atoms with E-state index in [1.54, 1.807) is 11.3 Å². The molecule has 110 valence electrons. The fourth-order valence-corrected chi connectivity index (χ4v) is 3.96. The molecule has 0 saturated carbocycles. The number of nitrogens with zero attached hydrogens (tertiary/aromatic N) is 3. The molecule has 2 aromatic carbocycles. The zero-order valence-corrected chi connectivity index (χ0v) is 13.3. The maximum Gasteiger partial charge on any atom is 0.211 e.